The van der Waals surface area contributed by atoms with Gasteiger partial charge in [-0.2, -0.15) is 13.2 Å². The van der Waals surface area contributed by atoms with E-state index in [1.165, 1.54) is 0 Å². The molecule has 106 valence electrons. The predicted molar refractivity (Wildman–Crippen MR) is 61.7 cm³/mol. The fraction of sp³-hybridized carbons (Fsp3) is 0.538. The Kier molecular flexibility index (Phi) is 3.57. The largest absolute Gasteiger partial charge is 0.416 e. The number of nitrogens with two attached hydrogens (primary N) is 1. The smallest absolute Gasteiger partial charge is 0.393 e. The van der Waals surface area contributed by atoms with E-state index < -0.39 is 29.2 Å². The van der Waals surface area contributed by atoms with E-state index in [9.17, 15) is 22.7 Å². The van der Waals surface area contributed by atoms with Crippen LogP contribution >= 0.6 is 0 Å². The molecule has 0 atom stereocenters. The molecule has 0 amide bonds. The summed E-state index contributed by atoms with van der Waals surface area (Å²) in [4.78, 5) is 0. The lowest BCUT2D eigenvalue weighted by Gasteiger charge is -2.37. The maximum atomic E-state index is 13.1. The summed E-state index contributed by atoms with van der Waals surface area (Å²) in [7, 11) is 0. The van der Waals surface area contributed by atoms with E-state index in [-0.39, 0.29) is 18.4 Å². The van der Waals surface area contributed by atoms with Gasteiger partial charge in [0.2, 0.25) is 0 Å². The maximum Gasteiger partial charge on any atom is 0.416 e. The zero-order valence-corrected chi connectivity index (χ0v) is 10.2. The van der Waals surface area contributed by atoms with Gasteiger partial charge in [0, 0.05) is 5.54 Å². The number of alkyl halides is 3. The standard InChI is InChI=1S/C13H15F4NO/c14-8-1-2-10(11(7-8)13(15,16)17)12(18)5-3-9(19)4-6-12/h1-2,7,9,19H,3-6,18H2. The first-order valence-corrected chi connectivity index (χ1v) is 6.06. The summed E-state index contributed by atoms with van der Waals surface area (Å²) in [5, 5.41) is 9.42. The molecule has 2 nitrogen and oxygen atoms in total. The number of aliphatic hydroxyl groups excluding tert-OH is 1. The van der Waals surface area contributed by atoms with Crippen molar-refractivity contribution in [2.45, 2.75) is 43.5 Å². The number of aliphatic hydroxyl groups is 1. The molecule has 6 heteroatoms. The Bertz CT molecular complexity index is 464. The van der Waals surface area contributed by atoms with Crippen molar-refractivity contribution in [2.75, 3.05) is 0 Å². The molecule has 1 aliphatic rings. The number of hydrogen-bond acceptors (Lipinski definition) is 2. The molecule has 1 fully saturated rings. The summed E-state index contributed by atoms with van der Waals surface area (Å²) in [5.74, 6) is -0.935. The molecule has 0 saturated heterocycles. The van der Waals surface area contributed by atoms with E-state index in [2.05, 4.69) is 0 Å². The van der Waals surface area contributed by atoms with Gasteiger partial charge in [-0.05, 0) is 43.4 Å². The number of hydrogen-bond donors (Lipinski definition) is 2. The molecule has 0 radical (unpaired) electrons. The molecule has 1 aromatic rings. The normalized spacial score (nSPS) is 28.4. The third-order valence-electron chi connectivity index (χ3n) is 3.67. The molecular weight excluding hydrogens is 262 g/mol. The van der Waals surface area contributed by atoms with E-state index in [4.69, 9.17) is 5.73 Å². The van der Waals surface area contributed by atoms with Crippen LogP contribution in [0.15, 0.2) is 18.2 Å². The van der Waals surface area contributed by atoms with Gasteiger partial charge in [-0.3, -0.25) is 0 Å². The Morgan fingerprint density at radius 2 is 1.79 bits per heavy atom. The van der Waals surface area contributed by atoms with Crippen LogP contribution in [0.2, 0.25) is 0 Å². The molecule has 0 bridgehead atoms. The van der Waals surface area contributed by atoms with Gasteiger partial charge in [-0.1, -0.05) is 6.07 Å². The molecule has 1 aliphatic carbocycles. The molecule has 0 spiro atoms. The second-order valence-corrected chi connectivity index (χ2v) is 5.07. The highest BCUT2D eigenvalue weighted by molar-refractivity contribution is 5.36. The summed E-state index contributed by atoms with van der Waals surface area (Å²) >= 11 is 0. The fourth-order valence-corrected chi connectivity index (χ4v) is 2.57. The third kappa shape index (κ3) is 2.90. The average molecular weight is 277 g/mol. The van der Waals surface area contributed by atoms with Gasteiger partial charge in [0.05, 0.1) is 11.7 Å². The zero-order valence-electron chi connectivity index (χ0n) is 10.2. The van der Waals surface area contributed by atoms with E-state index in [0.29, 0.717) is 18.9 Å². The molecule has 0 aromatic heterocycles. The van der Waals surface area contributed by atoms with Crippen LogP contribution in [0.1, 0.15) is 36.8 Å². The Balaban J connectivity index is 2.44. The van der Waals surface area contributed by atoms with Crippen molar-refractivity contribution in [3.8, 4) is 0 Å². The molecule has 3 N–H and O–H groups in total. The molecule has 2 rings (SSSR count). The van der Waals surface area contributed by atoms with Crippen molar-refractivity contribution in [3.05, 3.63) is 35.1 Å². The van der Waals surface area contributed by atoms with Crippen molar-refractivity contribution in [1.29, 1.82) is 0 Å². The SMILES string of the molecule is NC1(c2ccc(F)cc2C(F)(F)F)CCC(O)CC1. The summed E-state index contributed by atoms with van der Waals surface area (Å²) in [6.07, 6.45) is -3.95. The van der Waals surface area contributed by atoms with Crippen LogP contribution in [-0.2, 0) is 11.7 Å². The quantitative estimate of drug-likeness (QED) is 0.775. The van der Waals surface area contributed by atoms with Gasteiger partial charge < -0.3 is 10.8 Å². The minimum Gasteiger partial charge on any atom is -0.393 e. The Morgan fingerprint density at radius 1 is 1.21 bits per heavy atom. The lowest BCUT2D eigenvalue weighted by molar-refractivity contribution is -0.139. The molecule has 1 saturated carbocycles. The van der Waals surface area contributed by atoms with E-state index >= 15 is 0 Å². The van der Waals surface area contributed by atoms with Gasteiger partial charge in [-0.15, -0.1) is 0 Å². The summed E-state index contributed by atoms with van der Waals surface area (Å²) < 4.78 is 51.9. The minimum absolute atomic E-state index is 0.0895. The zero-order chi connectivity index (χ0) is 14.3. The van der Waals surface area contributed by atoms with Gasteiger partial charge in [0.1, 0.15) is 5.82 Å². The van der Waals surface area contributed by atoms with E-state index in [1.54, 1.807) is 0 Å². The summed E-state index contributed by atoms with van der Waals surface area (Å²) in [5.41, 5.74) is 3.79. The maximum absolute atomic E-state index is 13.1. The van der Waals surface area contributed by atoms with Gasteiger partial charge >= 0.3 is 6.18 Å². The third-order valence-corrected chi connectivity index (χ3v) is 3.67. The van der Waals surface area contributed by atoms with Gasteiger partial charge in [-0.25, -0.2) is 4.39 Å². The van der Waals surface area contributed by atoms with Crippen LogP contribution < -0.4 is 5.73 Å². The predicted octanol–water partition coefficient (Wildman–Crippen LogP) is 2.93. The molecular formula is C13H15F4NO. The summed E-state index contributed by atoms with van der Waals surface area (Å²) in [6, 6.07) is 2.58. The van der Waals surface area contributed by atoms with Crippen LogP contribution in [0.5, 0.6) is 0 Å². The lowest BCUT2D eigenvalue weighted by Crippen LogP contribution is -2.43. The topological polar surface area (TPSA) is 46.2 Å². The first kappa shape index (κ1) is 14.3. The minimum atomic E-state index is -4.64. The van der Waals surface area contributed by atoms with Crippen LogP contribution in [0, 0.1) is 5.82 Å². The van der Waals surface area contributed by atoms with Crippen molar-refractivity contribution >= 4 is 0 Å². The highest BCUT2D eigenvalue weighted by Crippen LogP contribution is 2.42. The van der Waals surface area contributed by atoms with Crippen molar-refractivity contribution < 1.29 is 22.7 Å². The highest BCUT2D eigenvalue weighted by Gasteiger charge is 2.41. The van der Waals surface area contributed by atoms with Crippen molar-refractivity contribution in [2.24, 2.45) is 5.73 Å². The lowest BCUT2D eigenvalue weighted by atomic mass is 9.75. The van der Waals surface area contributed by atoms with Crippen molar-refractivity contribution in [3.63, 3.8) is 0 Å². The van der Waals surface area contributed by atoms with Crippen LogP contribution in [0.25, 0.3) is 0 Å². The molecule has 1 aromatic carbocycles. The first-order valence-electron chi connectivity index (χ1n) is 6.06. The Labute approximate surface area is 108 Å². The first-order chi connectivity index (χ1) is 8.72. The van der Waals surface area contributed by atoms with Crippen LogP contribution in [0.3, 0.4) is 0 Å². The van der Waals surface area contributed by atoms with Crippen LogP contribution in [0.4, 0.5) is 17.6 Å². The van der Waals surface area contributed by atoms with E-state index in [1.807, 2.05) is 0 Å². The number of rotatable bonds is 1. The Hall–Kier alpha value is -1.14. The monoisotopic (exact) mass is 277 g/mol. The van der Waals surface area contributed by atoms with Gasteiger partial charge in [0.25, 0.3) is 0 Å². The van der Waals surface area contributed by atoms with Gasteiger partial charge in [0.15, 0.2) is 0 Å². The fourth-order valence-electron chi connectivity index (χ4n) is 2.57. The van der Waals surface area contributed by atoms with Crippen LogP contribution in [-0.4, -0.2) is 11.2 Å². The molecule has 19 heavy (non-hydrogen) atoms. The molecule has 0 unspecified atom stereocenters. The molecule has 0 heterocycles. The molecule has 0 aliphatic heterocycles. The van der Waals surface area contributed by atoms with Crippen molar-refractivity contribution in [1.82, 2.24) is 0 Å². The Morgan fingerprint density at radius 3 is 2.32 bits per heavy atom. The number of halogens is 4. The highest BCUT2D eigenvalue weighted by atomic mass is 19.4. The summed E-state index contributed by atoms with van der Waals surface area (Å²) in [6.45, 7) is 0. The van der Waals surface area contributed by atoms with E-state index in [0.717, 1.165) is 12.1 Å². The second-order valence-electron chi connectivity index (χ2n) is 5.07. The number of benzene rings is 1. The second kappa shape index (κ2) is 4.76. The average Bonchev–Trinajstić information content (AvgIpc) is 2.32.